The number of quaternary nitrogens is 1. The molecule has 0 aliphatic carbocycles. The molecular formula is C19H27N2O3+. The van der Waals surface area contributed by atoms with Gasteiger partial charge in [-0.15, -0.1) is 0 Å². The first kappa shape index (κ1) is 18.2. The second kappa shape index (κ2) is 8.11. The van der Waals surface area contributed by atoms with Gasteiger partial charge in [-0.3, -0.25) is 4.79 Å². The molecule has 5 heteroatoms. The minimum absolute atomic E-state index is 0.171. The minimum atomic E-state index is -0.556. The van der Waals surface area contributed by atoms with Gasteiger partial charge < -0.3 is 15.4 Å². The molecule has 0 bridgehead atoms. The third-order valence-corrected chi connectivity index (χ3v) is 4.42. The molecule has 0 unspecified atom stereocenters. The smallest absolute Gasteiger partial charge is 0.355 e. The van der Waals surface area contributed by atoms with E-state index in [9.17, 15) is 9.59 Å². The van der Waals surface area contributed by atoms with Gasteiger partial charge in [0.25, 0.3) is 0 Å². The highest BCUT2D eigenvalue weighted by Gasteiger charge is 2.36. The zero-order valence-corrected chi connectivity index (χ0v) is 14.7. The van der Waals surface area contributed by atoms with Crippen LogP contribution >= 0.6 is 0 Å². The molecule has 0 saturated carbocycles. The number of ether oxygens (including phenoxy) is 1. The Kier molecular flexibility index (Phi) is 6.15. The zero-order chi connectivity index (χ0) is 17.6. The fourth-order valence-electron chi connectivity index (χ4n) is 3.05. The maximum absolute atomic E-state index is 12.6. The number of hydrogen-bond donors (Lipinski definition) is 2. The Morgan fingerprint density at radius 3 is 2.42 bits per heavy atom. The number of benzene rings is 1. The van der Waals surface area contributed by atoms with E-state index in [0.717, 1.165) is 31.5 Å². The van der Waals surface area contributed by atoms with Crippen molar-refractivity contribution in [2.24, 2.45) is 5.92 Å². The normalized spacial score (nSPS) is 16.5. The van der Waals surface area contributed by atoms with E-state index in [1.54, 1.807) is 6.08 Å². The van der Waals surface area contributed by atoms with E-state index in [1.807, 2.05) is 44.2 Å². The van der Waals surface area contributed by atoms with Gasteiger partial charge in [-0.2, -0.15) is 0 Å². The van der Waals surface area contributed by atoms with Crippen molar-refractivity contribution >= 4 is 18.0 Å². The molecule has 130 valence electrons. The average Bonchev–Trinajstić information content (AvgIpc) is 2.55. The molecule has 0 aromatic heterocycles. The van der Waals surface area contributed by atoms with Crippen molar-refractivity contribution in [3.05, 3.63) is 41.6 Å². The van der Waals surface area contributed by atoms with Gasteiger partial charge in [-0.1, -0.05) is 30.3 Å². The van der Waals surface area contributed by atoms with Crippen LogP contribution in [0.15, 0.2) is 36.0 Å². The van der Waals surface area contributed by atoms with E-state index in [1.165, 1.54) is 6.92 Å². The summed E-state index contributed by atoms with van der Waals surface area (Å²) in [6.07, 6.45) is 3.70. The molecule has 0 atom stereocenters. The van der Waals surface area contributed by atoms with Crippen LogP contribution in [0.5, 0.6) is 0 Å². The summed E-state index contributed by atoms with van der Waals surface area (Å²) in [5.41, 5.74) is 0.451. The number of esters is 1. The highest BCUT2D eigenvalue weighted by molar-refractivity contribution is 5.97. The van der Waals surface area contributed by atoms with Crippen LogP contribution in [-0.2, 0) is 14.3 Å². The largest absolute Gasteiger partial charge is 0.455 e. The number of carbonyl (C=O) groups excluding carboxylic acids is 2. The van der Waals surface area contributed by atoms with E-state index in [2.05, 4.69) is 10.6 Å². The van der Waals surface area contributed by atoms with Gasteiger partial charge in [0.2, 0.25) is 5.91 Å². The fraction of sp³-hybridized carbons (Fsp3) is 0.474. The molecule has 3 N–H and O–H groups in total. The van der Waals surface area contributed by atoms with Crippen LogP contribution in [-0.4, -0.2) is 30.6 Å². The standard InChI is InChI=1S/C19H26N2O3/c1-14(22)21-17(13-15-7-5-4-6-8-15)18(23)24-19(2,3)16-9-11-20-12-10-16/h4-8,13,16,20H,9-12H2,1-3H3,(H,21,22)/p+1/b17-13-. The summed E-state index contributed by atoms with van der Waals surface area (Å²) in [4.78, 5) is 24.1. The molecule has 1 heterocycles. The van der Waals surface area contributed by atoms with E-state index in [-0.39, 0.29) is 11.6 Å². The first-order valence-corrected chi connectivity index (χ1v) is 8.48. The van der Waals surface area contributed by atoms with Crippen LogP contribution in [0.4, 0.5) is 0 Å². The van der Waals surface area contributed by atoms with Crippen molar-refractivity contribution in [3.63, 3.8) is 0 Å². The summed E-state index contributed by atoms with van der Waals surface area (Å²) in [5, 5.41) is 4.88. The summed E-state index contributed by atoms with van der Waals surface area (Å²) in [6.45, 7) is 7.41. The SMILES string of the molecule is CC(=O)N/C(=C\c1ccccc1)C(=O)OC(C)(C)C1CC[NH2+]CC1. The molecule has 1 amide bonds. The summed E-state index contributed by atoms with van der Waals surface area (Å²) >= 11 is 0. The van der Waals surface area contributed by atoms with Gasteiger partial charge >= 0.3 is 5.97 Å². The molecule has 1 fully saturated rings. The predicted octanol–water partition coefficient (Wildman–Crippen LogP) is 1.46. The Labute approximate surface area is 143 Å². The van der Waals surface area contributed by atoms with Crippen molar-refractivity contribution in [3.8, 4) is 0 Å². The fourth-order valence-corrected chi connectivity index (χ4v) is 3.05. The molecule has 1 saturated heterocycles. The van der Waals surface area contributed by atoms with Crippen LogP contribution in [0, 0.1) is 5.92 Å². The molecule has 1 aromatic carbocycles. The highest BCUT2D eigenvalue weighted by Crippen LogP contribution is 2.28. The van der Waals surface area contributed by atoms with Crippen LogP contribution in [0.1, 0.15) is 39.2 Å². The molecule has 1 aliphatic heterocycles. The molecule has 0 spiro atoms. The molecule has 24 heavy (non-hydrogen) atoms. The maximum atomic E-state index is 12.6. The first-order valence-electron chi connectivity index (χ1n) is 8.48. The van der Waals surface area contributed by atoms with Crippen molar-refractivity contribution in [2.45, 2.75) is 39.2 Å². The lowest BCUT2D eigenvalue weighted by molar-refractivity contribution is -0.665. The summed E-state index contributed by atoms with van der Waals surface area (Å²) in [5.74, 6) is -0.449. The minimum Gasteiger partial charge on any atom is -0.455 e. The Bertz CT molecular complexity index is 602. The van der Waals surface area contributed by atoms with E-state index in [4.69, 9.17) is 4.74 Å². The van der Waals surface area contributed by atoms with Gasteiger partial charge in [0.15, 0.2) is 0 Å². The number of rotatable bonds is 5. The summed E-state index contributed by atoms with van der Waals surface area (Å²) in [6, 6.07) is 9.40. The molecule has 0 radical (unpaired) electrons. The lowest BCUT2D eigenvalue weighted by Crippen LogP contribution is -2.86. The number of amides is 1. The Hall–Kier alpha value is -2.14. The molecule has 1 aliphatic rings. The third kappa shape index (κ3) is 5.20. The molecular weight excluding hydrogens is 304 g/mol. The summed E-state index contributed by atoms with van der Waals surface area (Å²) < 4.78 is 5.78. The lowest BCUT2D eigenvalue weighted by atomic mass is 9.83. The molecule has 1 aromatic rings. The third-order valence-electron chi connectivity index (χ3n) is 4.42. The van der Waals surface area contributed by atoms with E-state index >= 15 is 0 Å². The van der Waals surface area contributed by atoms with Crippen LogP contribution in [0.25, 0.3) is 6.08 Å². The predicted molar refractivity (Wildman–Crippen MR) is 92.8 cm³/mol. The number of nitrogens with two attached hydrogens (primary N) is 1. The Balaban J connectivity index is 2.15. The zero-order valence-electron chi connectivity index (χ0n) is 14.7. The quantitative estimate of drug-likeness (QED) is 0.634. The Morgan fingerprint density at radius 1 is 1.21 bits per heavy atom. The van der Waals surface area contributed by atoms with Gasteiger partial charge in [0.05, 0.1) is 13.1 Å². The van der Waals surface area contributed by atoms with Crippen LogP contribution in [0.2, 0.25) is 0 Å². The van der Waals surface area contributed by atoms with Gasteiger partial charge in [-0.05, 0) is 25.5 Å². The second-order valence-corrected chi connectivity index (χ2v) is 6.78. The van der Waals surface area contributed by atoms with E-state index in [0.29, 0.717) is 5.92 Å². The molecule has 5 nitrogen and oxygen atoms in total. The van der Waals surface area contributed by atoms with Crippen LogP contribution < -0.4 is 10.6 Å². The highest BCUT2D eigenvalue weighted by atomic mass is 16.6. The summed E-state index contributed by atoms with van der Waals surface area (Å²) in [7, 11) is 0. The average molecular weight is 331 g/mol. The van der Waals surface area contributed by atoms with E-state index < -0.39 is 11.6 Å². The maximum Gasteiger partial charge on any atom is 0.355 e. The monoisotopic (exact) mass is 331 g/mol. The van der Waals surface area contributed by atoms with Gasteiger partial charge in [-0.25, -0.2) is 4.79 Å². The number of piperidine rings is 1. The topological polar surface area (TPSA) is 72.0 Å². The lowest BCUT2D eigenvalue weighted by Gasteiger charge is -2.35. The number of carbonyl (C=O) groups is 2. The second-order valence-electron chi connectivity index (χ2n) is 6.78. The van der Waals surface area contributed by atoms with Crippen molar-refractivity contribution < 1.29 is 19.6 Å². The molecule has 2 rings (SSSR count). The van der Waals surface area contributed by atoms with Gasteiger partial charge in [0.1, 0.15) is 11.3 Å². The van der Waals surface area contributed by atoms with Gasteiger partial charge in [0, 0.05) is 25.7 Å². The van der Waals surface area contributed by atoms with Crippen molar-refractivity contribution in [1.82, 2.24) is 5.32 Å². The van der Waals surface area contributed by atoms with Crippen molar-refractivity contribution in [1.29, 1.82) is 0 Å². The number of hydrogen-bond acceptors (Lipinski definition) is 3. The number of nitrogens with one attached hydrogen (secondary N) is 1. The Morgan fingerprint density at radius 2 is 1.83 bits per heavy atom. The van der Waals surface area contributed by atoms with Crippen LogP contribution in [0.3, 0.4) is 0 Å². The first-order chi connectivity index (χ1) is 11.4. The van der Waals surface area contributed by atoms with Crippen molar-refractivity contribution in [2.75, 3.05) is 13.1 Å².